The van der Waals surface area contributed by atoms with E-state index >= 15 is 0 Å². The topological polar surface area (TPSA) is 90.0 Å². The number of hydrogen-bond acceptors (Lipinski definition) is 4. The largest absolute Gasteiger partial charge is 0.476 e. The van der Waals surface area contributed by atoms with Gasteiger partial charge in [-0.25, -0.2) is 9.48 Å². The van der Waals surface area contributed by atoms with Crippen LogP contribution in [0.3, 0.4) is 0 Å². The Balaban J connectivity index is 1.70. The van der Waals surface area contributed by atoms with Crippen molar-refractivity contribution in [1.29, 1.82) is 0 Å². The standard InChI is InChI=1S/C16H14N4O3/c21-15-3-1-2-8-19(15)9-12-4-6-13(7-5-12)10-20-11-14(16(22)23)17-18-20/h1-8,11H,9-10H2,(H,22,23). The summed E-state index contributed by atoms with van der Waals surface area (Å²) in [6.45, 7) is 0.943. The summed E-state index contributed by atoms with van der Waals surface area (Å²) in [5, 5.41) is 16.2. The van der Waals surface area contributed by atoms with Gasteiger partial charge in [-0.2, -0.15) is 0 Å². The van der Waals surface area contributed by atoms with Gasteiger partial charge in [0.2, 0.25) is 0 Å². The molecule has 23 heavy (non-hydrogen) atoms. The molecule has 7 heteroatoms. The maximum Gasteiger partial charge on any atom is 0.358 e. The maximum absolute atomic E-state index is 11.7. The number of carboxylic acid groups (broad SMARTS) is 1. The number of aromatic carboxylic acids is 1. The van der Waals surface area contributed by atoms with Crippen LogP contribution >= 0.6 is 0 Å². The van der Waals surface area contributed by atoms with Gasteiger partial charge in [0.05, 0.1) is 19.3 Å². The smallest absolute Gasteiger partial charge is 0.358 e. The Bertz CT molecular complexity index is 881. The summed E-state index contributed by atoms with van der Waals surface area (Å²) in [5.74, 6) is -1.10. The van der Waals surface area contributed by atoms with Crippen LogP contribution in [0.5, 0.6) is 0 Å². The van der Waals surface area contributed by atoms with Gasteiger partial charge in [-0.05, 0) is 17.2 Å². The van der Waals surface area contributed by atoms with Crippen LogP contribution in [0.1, 0.15) is 21.6 Å². The van der Waals surface area contributed by atoms with Crippen LogP contribution < -0.4 is 5.56 Å². The van der Waals surface area contributed by atoms with E-state index in [9.17, 15) is 9.59 Å². The molecule has 2 heterocycles. The molecule has 1 N–H and O–H groups in total. The fraction of sp³-hybridized carbons (Fsp3) is 0.125. The molecule has 0 atom stereocenters. The molecule has 116 valence electrons. The van der Waals surface area contributed by atoms with Crippen molar-refractivity contribution < 1.29 is 9.90 Å². The Morgan fingerprint density at radius 3 is 2.35 bits per heavy atom. The van der Waals surface area contributed by atoms with Gasteiger partial charge in [-0.15, -0.1) is 5.10 Å². The second-order valence-corrected chi connectivity index (χ2v) is 5.09. The summed E-state index contributed by atoms with van der Waals surface area (Å²) in [5.41, 5.74) is 1.85. The first kappa shape index (κ1) is 14.7. The minimum atomic E-state index is -1.10. The molecule has 3 rings (SSSR count). The fourth-order valence-electron chi connectivity index (χ4n) is 2.20. The minimum absolute atomic E-state index is 0.0413. The van der Waals surface area contributed by atoms with Crippen LogP contribution in [0, 0.1) is 0 Å². The molecule has 0 saturated carbocycles. The van der Waals surface area contributed by atoms with Gasteiger partial charge in [0.25, 0.3) is 5.56 Å². The number of rotatable bonds is 5. The molecule has 7 nitrogen and oxygen atoms in total. The van der Waals surface area contributed by atoms with Gasteiger partial charge in [0.15, 0.2) is 5.69 Å². The second-order valence-electron chi connectivity index (χ2n) is 5.09. The molecule has 0 fully saturated rings. The minimum Gasteiger partial charge on any atom is -0.476 e. The Morgan fingerprint density at radius 2 is 1.74 bits per heavy atom. The number of benzene rings is 1. The highest BCUT2D eigenvalue weighted by Crippen LogP contribution is 2.07. The van der Waals surface area contributed by atoms with Gasteiger partial charge in [-0.3, -0.25) is 4.79 Å². The van der Waals surface area contributed by atoms with E-state index in [1.54, 1.807) is 16.8 Å². The quantitative estimate of drug-likeness (QED) is 0.765. The molecule has 0 aliphatic heterocycles. The lowest BCUT2D eigenvalue weighted by Gasteiger charge is -2.06. The van der Waals surface area contributed by atoms with E-state index in [0.717, 1.165) is 11.1 Å². The highest BCUT2D eigenvalue weighted by atomic mass is 16.4. The van der Waals surface area contributed by atoms with E-state index in [2.05, 4.69) is 10.3 Å². The third-order valence-corrected chi connectivity index (χ3v) is 3.38. The van der Waals surface area contributed by atoms with Crippen molar-refractivity contribution in [3.8, 4) is 0 Å². The Labute approximate surface area is 131 Å². The molecule has 0 aliphatic carbocycles. The van der Waals surface area contributed by atoms with Gasteiger partial charge in [0.1, 0.15) is 0 Å². The molecule has 1 aromatic carbocycles. The first-order valence-electron chi connectivity index (χ1n) is 6.98. The zero-order chi connectivity index (χ0) is 16.2. The summed E-state index contributed by atoms with van der Waals surface area (Å²) in [6, 6.07) is 12.8. The second kappa shape index (κ2) is 6.27. The van der Waals surface area contributed by atoms with Crippen molar-refractivity contribution >= 4 is 5.97 Å². The molecule has 0 amide bonds. The third kappa shape index (κ3) is 3.52. The lowest BCUT2D eigenvalue weighted by molar-refractivity contribution is 0.0690. The van der Waals surface area contributed by atoms with Crippen molar-refractivity contribution in [3.63, 3.8) is 0 Å². The molecule has 0 saturated heterocycles. The summed E-state index contributed by atoms with van der Waals surface area (Å²) in [7, 11) is 0. The molecule has 3 aromatic rings. The van der Waals surface area contributed by atoms with Gasteiger partial charge in [0, 0.05) is 12.3 Å². The number of carboxylic acids is 1. The summed E-state index contributed by atoms with van der Waals surface area (Å²) >= 11 is 0. The van der Waals surface area contributed by atoms with Crippen LogP contribution in [-0.4, -0.2) is 30.6 Å². The molecule has 0 bridgehead atoms. The van der Waals surface area contributed by atoms with Crippen LogP contribution in [0.2, 0.25) is 0 Å². The van der Waals surface area contributed by atoms with E-state index in [0.29, 0.717) is 13.1 Å². The van der Waals surface area contributed by atoms with Gasteiger partial charge < -0.3 is 9.67 Å². The normalized spacial score (nSPS) is 10.6. The van der Waals surface area contributed by atoms with Crippen molar-refractivity contribution in [1.82, 2.24) is 19.6 Å². The predicted molar refractivity (Wildman–Crippen MR) is 82.3 cm³/mol. The Morgan fingerprint density at radius 1 is 1.04 bits per heavy atom. The van der Waals surface area contributed by atoms with E-state index in [-0.39, 0.29) is 11.3 Å². The summed E-state index contributed by atoms with van der Waals surface area (Å²) in [6.07, 6.45) is 3.14. The van der Waals surface area contributed by atoms with Gasteiger partial charge in [-0.1, -0.05) is 35.5 Å². The van der Waals surface area contributed by atoms with Crippen LogP contribution in [0.25, 0.3) is 0 Å². The lowest BCUT2D eigenvalue weighted by atomic mass is 10.1. The SMILES string of the molecule is O=C(O)c1cn(Cc2ccc(Cn3ccccc3=O)cc2)nn1. The highest BCUT2D eigenvalue weighted by molar-refractivity contribution is 5.84. The van der Waals surface area contributed by atoms with Crippen LogP contribution in [0.15, 0.2) is 59.7 Å². The molecule has 0 unspecified atom stereocenters. The van der Waals surface area contributed by atoms with E-state index in [1.165, 1.54) is 16.9 Å². The van der Waals surface area contributed by atoms with Crippen molar-refractivity contribution in [3.05, 3.63) is 82.0 Å². The maximum atomic E-state index is 11.7. The van der Waals surface area contributed by atoms with E-state index in [4.69, 9.17) is 5.11 Å². The van der Waals surface area contributed by atoms with Gasteiger partial charge >= 0.3 is 5.97 Å². The number of carbonyl (C=O) groups is 1. The third-order valence-electron chi connectivity index (χ3n) is 3.38. The fourth-order valence-corrected chi connectivity index (χ4v) is 2.20. The predicted octanol–water partition coefficient (Wildman–Crippen LogP) is 1.23. The zero-order valence-electron chi connectivity index (χ0n) is 12.2. The van der Waals surface area contributed by atoms with Crippen molar-refractivity contribution in [2.45, 2.75) is 13.1 Å². The lowest BCUT2D eigenvalue weighted by Crippen LogP contribution is -2.18. The van der Waals surface area contributed by atoms with Crippen molar-refractivity contribution in [2.75, 3.05) is 0 Å². The zero-order valence-corrected chi connectivity index (χ0v) is 12.2. The number of aromatic nitrogens is 4. The average Bonchev–Trinajstić information content (AvgIpc) is 3.00. The molecular formula is C16H14N4O3. The molecular weight excluding hydrogens is 296 g/mol. The molecule has 2 aromatic heterocycles. The Kier molecular flexibility index (Phi) is 4.01. The highest BCUT2D eigenvalue weighted by Gasteiger charge is 2.08. The monoisotopic (exact) mass is 310 g/mol. The Hall–Kier alpha value is -3.22. The molecule has 0 radical (unpaired) electrons. The average molecular weight is 310 g/mol. The molecule has 0 spiro atoms. The first-order valence-corrected chi connectivity index (χ1v) is 6.98. The molecule has 0 aliphatic rings. The summed E-state index contributed by atoms with van der Waals surface area (Å²) in [4.78, 5) is 22.5. The van der Waals surface area contributed by atoms with Crippen LogP contribution in [0.4, 0.5) is 0 Å². The summed E-state index contributed by atoms with van der Waals surface area (Å²) < 4.78 is 3.10. The van der Waals surface area contributed by atoms with Crippen molar-refractivity contribution in [2.24, 2.45) is 0 Å². The number of pyridine rings is 1. The van der Waals surface area contributed by atoms with E-state index in [1.807, 2.05) is 30.3 Å². The van der Waals surface area contributed by atoms with E-state index < -0.39 is 5.97 Å². The number of hydrogen-bond donors (Lipinski definition) is 1. The number of nitrogens with zero attached hydrogens (tertiary/aromatic N) is 4. The first-order chi connectivity index (χ1) is 11.1. The van der Waals surface area contributed by atoms with Crippen LogP contribution in [-0.2, 0) is 13.1 Å².